The number of benzene rings is 1. The SMILES string of the molecule is N#CC1CCCCC1COc1ccc(-c2ncc(C(=O)O)cn2)cc1. The van der Waals surface area contributed by atoms with Gasteiger partial charge in [0.05, 0.1) is 24.2 Å². The van der Waals surface area contributed by atoms with E-state index in [1.807, 2.05) is 24.3 Å². The topological polar surface area (TPSA) is 96.1 Å². The molecule has 0 saturated heterocycles. The Balaban J connectivity index is 1.62. The third-order valence-electron chi connectivity index (χ3n) is 4.55. The van der Waals surface area contributed by atoms with Crippen LogP contribution in [0.25, 0.3) is 11.4 Å². The van der Waals surface area contributed by atoms with E-state index in [9.17, 15) is 10.1 Å². The molecular weight excluding hydrogens is 318 g/mol. The average molecular weight is 337 g/mol. The van der Waals surface area contributed by atoms with Crippen LogP contribution in [0.15, 0.2) is 36.7 Å². The third-order valence-corrected chi connectivity index (χ3v) is 4.55. The third kappa shape index (κ3) is 4.13. The molecule has 0 bridgehead atoms. The molecule has 6 nitrogen and oxygen atoms in total. The van der Waals surface area contributed by atoms with Gasteiger partial charge in [-0.1, -0.05) is 12.8 Å². The fraction of sp³-hybridized carbons (Fsp3) is 0.368. The molecule has 1 aromatic carbocycles. The summed E-state index contributed by atoms with van der Waals surface area (Å²) < 4.78 is 5.85. The van der Waals surface area contributed by atoms with Gasteiger partial charge in [0, 0.05) is 23.9 Å². The minimum Gasteiger partial charge on any atom is -0.493 e. The Kier molecular flexibility index (Phi) is 5.24. The van der Waals surface area contributed by atoms with Crippen LogP contribution in [0.3, 0.4) is 0 Å². The molecule has 128 valence electrons. The van der Waals surface area contributed by atoms with Crippen LogP contribution in [0, 0.1) is 23.2 Å². The number of carboxylic acids is 1. The molecule has 2 unspecified atom stereocenters. The number of hydrogen-bond donors (Lipinski definition) is 1. The Morgan fingerprint density at radius 3 is 2.52 bits per heavy atom. The summed E-state index contributed by atoms with van der Waals surface area (Å²) in [6.07, 6.45) is 6.88. The lowest BCUT2D eigenvalue weighted by atomic mass is 9.81. The van der Waals surface area contributed by atoms with Gasteiger partial charge >= 0.3 is 5.97 Å². The normalized spacial score (nSPS) is 19.8. The Morgan fingerprint density at radius 2 is 1.88 bits per heavy atom. The zero-order chi connectivity index (χ0) is 17.6. The van der Waals surface area contributed by atoms with E-state index in [0.29, 0.717) is 18.3 Å². The molecule has 0 radical (unpaired) electrons. The number of nitriles is 1. The first-order valence-electron chi connectivity index (χ1n) is 8.35. The van der Waals surface area contributed by atoms with Crippen molar-refractivity contribution in [2.24, 2.45) is 11.8 Å². The maximum atomic E-state index is 10.8. The summed E-state index contributed by atoms with van der Waals surface area (Å²) in [6.45, 7) is 0.557. The van der Waals surface area contributed by atoms with E-state index in [0.717, 1.165) is 37.0 Å². The first-order valence-corrected chi connectivity index (χ1v) is 8.35. The molecule has 0 aliphatic heterocycles. The molecule has 1 heterocycles. The minimum atomic E-state index is -1.05. The van der Waals surface area contributed by atoms with Crippen molar-refractivity contribution in [3.63, 3.8) is 0 Å². The Hall–Kier alpha value is -2.94. The van der Waals surface area contributed by atoms with E-state index in [2.05, 4.69) is 16.0 Å². The molecular formula is C19H19N3O3. The molecule has 1 fully saturated rings. The van der Waals surface area contributed by atoms with Gasteiger partial charge in [0.25, 0.3) is 0 Å². The molecule has 1 aromatic heterocycles. The molecule has 0 spiro atoms. The van der Waals surface area contributed by atoms with Crippen molar-refractivity contribution in [1.82, 2.24) is 9.97 Å². The maximum Gasteiger partial charge on any atom is 0.338 e. The van der Waals surface area contributed by atoms with Gasteiger partial charge in [-0.25, -0.2) is 14.8 Å². The zero-order valence-corrected chi connectivity index (χ0v) is 13.8. The summed E-state index contributed by atoms with van der Waals surface area (Å²) in [5.41, 5.74) is 0.847. The molecule has 0 amide bonds. The number of carboxylic acid groups (broad SMARTS) is 1. The van der Waals surface area contributed by atoms with Crippen molar-refractivity contribution in [2.75, 3.05) is 6.61 Å². The van der Waals surface area contributed by atoms with Crippen molar-refractivity contribution in [3.05, 3.63) is 42.2 Å². The number of hydrogen-bond acceptors (Lipinski definition) is 5. The second-order valence-electron chi connectivity index (χ2n) is 6.22. The van der Waals surface area contributed by atoms with Crippen molar-refractivity contribution < 1.29 is 14.6 Å². The van der Waals surface area contributed by atoms with E-state index in [-0.39, 0.29) is 11.5 Å². The highest BCUT2D eigenvalue weighted by Crippen LogP contribution is 2.30. The number of carbonyl (C=O) groups is 1. The molecule has 1 N–H and O–H groups in total. The minimum absolute atomic E-state index is 0.0585. The number of rotatable bonds is 5. The summed E-state index contributed by atoms with van der Waals surface area (Å²) in [5, 5.41) is 18.1. The highest BCUT2D eigenvalue weighted by molar-refractivity contribution is 5.86. The van der Waals surface area contributed by atoms with Gasteiger partial charge in [0.2, 0.25) is 0 Å². The smallest absolute Gasteiger partial charge is 0.338 e. The number of aromatic carboxylic acids is 1. The predicted molar refractivity (Wildman–Crippen MR) is 91.0 cm³/mol. The summed E-state index contributed by atoms with van der Waals surface area (Å²) in [6, 6.07) is 9.76. The van der Waals surface area contributed by atoms with Crippen LogP contribution in [0.2, 0.25) is 0 Å². The summed E-state index contributed by atoms with van der Waals surface area (Å²) in [4.78, 5) is 19.0. The largest absolute Gasteiger partial charge is 0.493 e. The summed E-state index contributed by atoms with van der Waals surface area (Å²) >= 11 is 0. The van der Waals surface area contributed by atoms with Crippen LogP contribution < -0.4 is 4.74 Å². The van der Waals surface area contributed by atoms with Gasteiger partial charge < -0.3 is 9.84 Å². The molecule has 3 rings (SSSR count). The maximum absolute atomic E-state index is 10.8. The monoisotopic (exact) mass is 337 g/mol. The van der Waals surface area contributed by atoms with Crippen LogP contribution in [0.4, 0.5) is 0 Å². The highest BCUT2D eigenvalue weighted by atomic mass is 16.5. The lowest BCUT2D eigenvalue weighted by molar-refractivity contribution is 0.0696. The van der Waals surface area contributed by atoms with Crippen molar-refractivity contribution in [3.8, 4) is 23.2 Å². The lowest BCUT2D eigenvalue weighted by Gasteiger charge is -2.26. The molecule has 25 heavy (non-hydrogen) atoms. The second kappa shape index (κ2) is 7.75. The van der Waals surface area contributed by atoms with Gasteiger partial charge in [-0.15, -0.1) is 0 Å². The van der Waals surface area contributed by atoms with E-state index >= 15 is 0 Å². The molecule has 1 saturated carbocycles. The summed E-state index contributed by atoms with van der Waals surface area (Å²) in [7, 11) is 0. The number of ether oxygens (including phenoxy) is 1. The van der Waals surface area contributed by atoms with Crippen LogP contribution in [0.5, 0.6) is 5.75 Å². The summed E-state index contributed by atoms with van der Waals surface area (Å²) in [5.74, 6) is 0.551. The van der Waals surface area contributed by atoms with Gasteiger partial charge in [-0.3, -0.25) is 0 Å². The zero-order valence-electron chi connectivity index (χ0n) is 13.8. The molecule has 6 heteroatoms. The van der Waals surface area contributed by atoms with E-state index in [4.69, 9.17) is 9.84 Å². The standard InChI is InChI=1S/C19H19N3O3/c20-9-14-3-1-2-4-15(14)12-25-17-7-5-13(6-8-17)18-21-10-16(11-22-18)19(23)24/h5-8,10-11,14-15H,1-4,12H2,(H,23,24). The Bertz CT molecular complexity index is 766. The molecule has 2 atom stereocenters. The van der Waals surface area contributed by atoms with Gasteiger partial charge in [-0.2, -0.15) is 5.26 Å². The molecule has 1 aliphatic carbocycles. The highest BCUT2D eigenvalue weighted by Gasteiger charge is 2.25. The quantitative estimate of drug-likeness (QED) is 0.896. The van der Waals surface area contributed by atoms with E-state index < -0.39 is 5.97 Å². The fourth-order valence-corrected chi connectivity index (χ4v) is 3.07. The van der Waals surface area contributed by atoms with Gasteiger partial charge in [0.1, 0.15) is 5.75 Å². The van der Waals surface area contributed by atoms with E-state index in [1.54, 1.807) is 0 Å². The van der Waals surface area contributed by atoms with Crippen LogP contribution in [0.1, 0.15) is 36.0 Å². The first-order chi connectivity index (χ1) is 12.2. The van der Waals surface area contributed by atoms with E-state index in [1.165, 1.54) is 12.4 Å². The predicted octanol–water partition coefficient (Wildman–Crippen LogP) is 3.55. The molecule has 1 aliphatic rings. The van der Waals surface area contributed by atoms with Crippen molar-refractivity contribution in [1.29, 1.82) is 5.26 Å². The van der Waals surface area contributed by atoms with Gasteiger partial charge in [-0.05, 0) is 37.1 Å². The first kappa shape index (κ1) is 16.9. The Labute approximate surface area is 146 Å². The molecule has 2 aromatic rings. The number of aromatic nitrogens is 2. The Morgan fingerprint density at radius 1 is 1.20 bits per heavy atom. The van der Waals surface area contributed by atoms with Crippen LogP contribution in [-0.4, -0.2) is 27.7 Å². The van der Waals surface area contributed by atoms with Crippen LogP contribution >= 0.6 is 0 Å². The number of nitrogens with zero attached hydrogens (tertiary/aromatic N) is 3. The lowest BCUT2D eigenvalue weighted by Crippen LogP contribution is -2.24. The van der Waals surface area contributed by atoms with Crippen LogP contribution in [-0.2, 0) is 0 Å². The second-order valence-corrected chi connectivity index (χ2v) is 6.22. The van der Waals surface area contributed by atoms with Gasteiger partial charge in [0.15, 0.2) is 5.82 Å². The average Bonchev–Trinajstić information content (AvgIpc) is 2.67. The fourth-order valence-electron chi connectivity index (χ4n) is 3.07. The van der Waals surface area contributed by atoms with Crippen molar-refractivity contribution in [2.45, 2.75) is 25.7 Å². The van der Waals surface area contributed by atoms with Crippen molar-refractivity contribution >= 4 is 5.97 Å².